The highest BCUT2D eigenvalue weighted by molar-refractivity contribution is 6.05. The van der Waals surface area contributed by atoms with Gasteiger partial charge in [0.25, 0.3) is 0 Å². The van der Waals surface area contributed by atoms with Gasteiger partial charge in [-0.25, -0.2) is 0 Å². The van der Waals surface area contributed by atoms with Gasteiger partial charge in [-0.3, -0.25) is 9.59 Å². The lowest BCUT2D eigenvalue weighted by Crippen LogP contribution is -2.83. The molecule has 0 aromatic heterocycles. The molecule has 6 heteroatoms. The third kappa shape index (κ3) is 2.84. The van der Waals surface area contributed by atoms with Gasteiger partial charge < -0.3 is 19.7 Å². The van der Waals surface area contributed by atoms with E-state index in [0.29, 0.717) is 24.8 Å². The van der Waals surface area contributed by atoms with Crippen molar-refractivity contribution in [2.24, 2.45) is 34.0 Å². The highest BCUT2D eigenvalue weighted by Gasteiger charge is 2.86. The zero-order valence-corrected chi connectivity index (χ0v) is 21.1. The van der Waals surface area contributed by atoms with E-state index in [1.807, 2.05) is 30.3 Å². The van der Waals surface area contributed by atoms with Gasteiger partial charge in [-0.05, 0) is 54.6 Å². The number of hydrogen-bond donors (Lipinski definition) is 2. The van der Waals surface area contributed by atoms with Crippen LogP contribution in [0, 0.1) is 34.0 Å². The monoisotopic (exact) mass is 492 g/mol. The Balaban J connectivity index is 1.35. The second-order valence-electron chi connectivity index (χ2n) is 12.3. The van der Waals surface area contributed by atoms with E-state index in [0.717, 1.165) is 18.4 Å². The molecule has 2 aliphatic heterocycles. The van der Waals surface area contributed by atoms with E-state index in [2.05, 4.69) is 32.6 Å². The molecule has 0 unspecified atom stereocenters. The van der Waals surface area contributed by atoms with Gasteiger partial charge in [-0.2, -0.15) is 0 Å². The molecule has 3 saturated carbocycles. The SMILES string of the molecule is C=C1C(=O)[C@]23[C@H](OC(=O)CCCc4ccccc4)[C@H]1CC[C@H]2[C@]12C=CCC(C)(C)[C@H]1[C@H](O)[C@@]3(O)OC2. The van der Waals surface area contributed by atoms with Crippen LogP contribution in [0.5, 0.6) is 0 Å². The standard InChI is InChI=1S/C30H36O6/c1-18-20-13-14-21-28-16-8-15-27(2,3)23(28)25(33)30(34,35-17-28)29(21,24(18)32)26(20)36-22(31)12-7-11-19-9-5-4-6-10-19/h4-6,8-10,16,20-21,23,25-26,33-34H,1,7,11-15,17H2,2-3H3/t20-,21-,23+,25-,26+,28+,29-,30+/m0/s1. The minimum Gasteiger partial charge on any atom is -0.460 e. The molecule has 0 amide bonds. The number of fused-ring (bicyclic) bond motifs is 2. The predicted octanol–water partition coefficient (Wildman–Crippen LogP) is 3.75. The quantitative estimate of drug-likeness (QED) is 0.369. The van der Waals surface area contributed by atoms with Crippen LogP contribution in [0.2, 0.25) is 0 Å². The van der Waals surface area contributed by atoms with Gasteiger partial charge in [-0.1, -0.05) is 62.9 Å². The Kier molecular flexibility index (Phi) is 5.26. The number of benzene rings is 1. The maximum Gasteiger partial charge on any atom is 0.306 e. The summed E-state index contributed by atoms with van der Waals surface area (Å²) in [6.45, 7) is 8.53. The van der Waals surface area contributed by atoms with Crippen LogP contribution in [0.15, 0.2) is 54.6 Å². The van der Waals surface area contributed by atoms with Gasteiger partial charge in [0.2, 0.25) is 5.79 Å². The lowest BCUT2D eigenvalue weighted by molar-refractivity contribution is -0.436. The molecule has 4 bridgehead atoms. The van der Waals surface area contributed by atoms with E-state index in [1.165, 1.54) is 0 Å². The summed E-state index contributed by atoms with van der Waals surface area (Å²) in [6.07, 6.45) is 5.77. The predicted molar refractivity (Wildman–Crippen MR) is 132 cm³/mol. The summed E-state index contributed by atoms with van der Waals surface area (Å²) >= 11 is 0. The number of carbonyl (C=O) groups is 2. The Morgan fingerprint density at radius 3 is 2.72 bits per heavy atom. The summed E-state index contributed by atoms with van der Waals surface area (Å²) in [5.41, 5.74) is -0.920. The average Bonchev–Trinajstić information content (AvgIpc) is 2.95. The normalized spacial score (nSPS) is 43.7. The summed E-state index contributed by atoms with van der Waals surface area (Å²) in [5.74, 6) is -3.79. The summed E-state index contributed by atoms with van der Waals surface area (Å²) in [4.78, 5) is 27.2. The summed E-state index contributed by atoms with van der Waals surface area (Å²) in [5, 5.41) is 23.9. The summed E-state index contributed by atoms with van der Waals surface area (Å²) in [6, 6.07) is 9.97. The summed E-state index contributed by atoms with van der Waals surface area (Å²) < 4.78 is 12.2. The first kappa shape index (κ1) is 24.1. The molecule has 5 fully saturated rings. The van der Waals surface area contributed by atoms with E-state index in [9.17, 15) is 19.8 Å². The van der Waals surface area contributed by atoms with E-state index in [1.54, 1.807) is 0 Å². The van der Waals surface area contributed by atoms with Crippen LogP contribution < -0.4 is 0 Å². The minimum atomic E-state index is -2.13. The third-order valence-electron chi connectivity index (χ3n) is 10.2. The van der Waals surface area contributed by atoms with Crippen molar-refractivity contribution in [3.63, 3.8) is 0 Å². The molecule has 2 saturated heterocycles. The lowest BCUT2D eigenvalue weighted by Gasteiger charge is -2.72. The molecule has 2 spiro atoms. The fourth-order valence-corrected chi connectivity index (χ4v) is 8.83. The first-order valence-corrected chi connectivity index (χ1v) is 13.3. The number of ether oxygens (including phenoxy) is 2. The van der Waals surface area contributed by atoms with Gasteiger partial charge in [0, 0.05) is 23.7 Å². The lowest BCUT2D eigenvalue weighted by atomic mass is 9.37. The van der Waals surface area contributed by atoms with Crippen LogP contribution in [0.25, 0.3) is 0 Å². The first-order chi connectivity index (χ1) is 17.1. The number of ketones is 1. The van der Waals surface area contributed by atoms with Crippen molar-refractivity contribution in [3.8, 4) is 0 Å². The fourth-order valence-electron chi connectivity index (χ4n) is 8.83. The topological polar surface area (TPSA) is 93.1 Å². The molecular weight excluding hydrogens is 456 g/mol. The maximum absolute atomic E-state index is 14.0. The van der Waals surface area contributed by atoms with Crippen molar-refractivity contribution < 1.29 is 29.3 Å². The molecule has 2 N–H and O–H groups in total. The van der Waals surface area contributed by atoms with Crippen molar-refractivity contribution in [2.75, 3.05) is 6.61 Å². The molecule has 0 radical (unpaired) electrons. The number of aliphatic hydroxyl groups is 2. The van der Waals surface area contributed by atoms with Crippen LogP contribution in [0.4, 0.5) is 0 Å². The zero-order chi connectivity index (χ0) is 25.5. The molecular formula is C30H36O6. The van der Waals surface area contributed by atoms with Gasteiger partial charge >= 0.3 is 5.97 Å². The molecule has 192 valence electrons. The molecule has 1 aromatic carbocycles. The number of Topliss-reactive ketones (excluding diaryl/α,β-unsaturated/α-hetero) is 1. The largest absolute Gasteiger partial charge is 0.460 e. The van der Waals surface area contributed by atoms with Gasteiger partial charge in [0.05, 0.1) is 6.61 Å². The van der Waals surface area contributed by atoms with E-state index < -0.39 is 34.8 Å². The van der Waals surface area contributed by atoms with Crippen LogP contribution in [-0.2, 0) is 25.5 Å². The third-order valence-corrected chi connectivity index (χ3v) is 10.2. The highest BCUT2D eigenvalue weighted by atomic mass is 16.6. The molecule has 6 aliphatic rings. The van der Waals surface area contributed by atoms with E-state index >= 15 is 0 Å². The number of esters is 1. The van der Waals surface area contributed by atoms with Crippen LogP contribution >= 0.6 is 0 Å². The van der Waals surface area contributed by atoms with E-state index in [-0.39, 0.29) is 42.0 Å². The maximum atomic E-state index is 14.0. The molecule has 4 aliphatic carbocycles. The van der Waals surface area contributed by atoms with Crippen molar-refractivity contribution in [2.45, 2.75) is 70.4 Å². The fraction of sp³-hybridized carbons (Fsp3) is 0.600. The number of hydrogen-bond acceptors (Lipinski definition) is 6. The number of carbonyl (C=O) groups excluding carboxylic acids is 2. The molecule has 6 nitrogen and oxygen atoms in total. The zero-order valence-electron chi connectivity index (χ0n) is 21.1. The van der Waals surface area contributed by atoms with Gasteiger partial charge in [0.1, 0.15) is 17.6 Å². The Morgan fingerprint density at radius 1 is 1.22 bits per heavy atom. The Bertz CT molecular complexity index is 1140. The van der Waals surface area contributed by atoms with Crippen molar-refractivity contribution in [1.82, 2.24) is 0 Å². The number of rotatable bonds is 5. The Morgan fingerprint density at radius 2 is 1.97 bits per heavy atom. The first-order valence-electron chi connectivity index (χ1n) is 13.3. The molecule has 8 atom stereocenters. The van der Waals surface area contributed by atoms with Crippen molar-refractivity contribution in [1.29, 1.82) is 0 Å². The minimum absolute atomic E-state index is 0.210. The summed E-state index contributed by atoms with van der Waals surface area (Å²) in [7, 11) is 0. The Hall–Kier alpha value is -2.28. The Labute approximate surface area is 212 Å². The van der Waals surface area contributed by atoms with Crippen LogP contribution in [-0.4, -0.2) is 46.6 Å². The van der Waals surface area contributed by atoms with Gasteiger partial charge in [0.15, 0.2) is 5.78 Å². The van der Waals surface area contributed by atoms with Crippen LogP contribution in [0.1, 0.15) is 51.5 Å². The second-order valence-corrected chi connectivity index (χ2v) is 12.3. The number of aryl methyl sites for hydroxylation is 1. The molecule has 7 rings (SSSR count). The second kappa shape index (κ2) is 7.86. The van der Waals surface area contributed by atoms with Gasteiger partial charge in [-0.15, -0.1) is 0 Å². The van der Waals surface area contributed by atoms with Crippen LogP contribution in [0.3, 0.4) is 0 Å². The van der Waals surface area contributed by atoms with E-state index in [4.69, 9.17) is 9.47 Å². The molecule has 2 heterocycles. The van der Waals surface area contributed by atoms with Crippen molar-refractivity contribution >= 4 is 11.8 Å². The average molecular weight is 493 g/mol. The highest BCUT2D eigenvalue weighted by Crippen LogP contribution is 2.75. The number of aliphatic hydroxyl groups excluding tert-OH is 1. The smallest absolute Gasteiger partial charge is 0.306 e. The number of allylic oxidation sites excluding steroid dienone is 1. The van der Waals surface area contributed by atoms with Crippen molar-refractivity contribution in [3.05, 3.63) is 60.2 Å². The molecule has 1 aromatic rings. The molecule has 36 heavy (non-hydrogen) atoms.